The van der Waals surface area contributed by atoms with Gasteiger partial charge in [0.05, 0.1) is 10.6 Å². The largest absolute Gasteiger partial charge is 0.320 e. The maximum Gasteiger partial charge on any atom is 0.320 e. The zero-order valence-corrected chi connectivity index (χ0v) is 14.8. The van der Waals surface area contributed by atoms with Crippen molar-refractivity contribution in [3.05, 3.63) is 76.6 Å². The molecule has 0 aliphatic carbocycles. The van der Waals surface area contributed by atoms with E-state index in [0.717, 1.165) is 16.0 Å². The number of amides is 1. The third-order valence-electron chi connectivity index (χ3n) is 3.64. The molecule has 1 heterocycles. The number of rotatable bonds is 6. The van der Waals surface area contributed by atoms with Crippen molar-refractivity contribution in [3.8, 4) is 0 Å². The Labute approximate surface area is 154 Å². The van der Waals surface area contributed by atoms with E-state index in [1.165, 1.54) is 16.4 Å². The first-order valence-corrected chi connectivity index (χ1v) is 8.75. The van der Waals surface area contributed by atoms with Crippen LogP contribution < -0.4 is 5.32 Å². The molecule has 0 spiro atoms. The SMILES string of the molecule is CCn1ncc([N+](=O)[O-])c1C(=O)Nc1ccccc1Sc1ccccc1. The molecule has 1 aromatic heterocycles. The van der Waals surface area contributed by atoms with Gasteiger partial charge in [-0.2, -0.15) is 5.10 Å². The molecule has 2 aromatic carbocycles. The molecule has 132 valence electrons. The molecule has 0 aliphatic heterocycles. The van der Waals surface area contributed by atoms with Crippen LogP contribution in [-0.2, 0) is 6.54 Å². The van der Waals surface area contributed by atoms with Crippen molar-refractivity contribution in [2.24, 2.45) is 0 Å². The van der Waals surface area contributed by atoms with E-state index < -0.39 is 10.8 Å². The summed E-state index contributed by atoms with van der Waals surface area (Å²) in [7, 11) is 0. The fourth-order valence-corrected chi connectivity index (χ4v) is 3.36. The third-order valence-corrected chi connectivity index (χ3v) is 4.72. The standard InChI is InChI=1S/C18H16N4O3S/c1-2-21-17(15(12-19-21)22(24)25)18(23)20-14-10-6-7-11-16(14)26-13-8-4-3-5-9-13/h3-12H,2H2,1H3,(H,20,23). The number of aromatic nitrogens is 2. The maximum absolute atomic E-state index is 12.7. The molecule has 3 aromatic rings. The highest BCUT2D eigenvalue weighted by Crippen LogP contribution is 2.33. The molecule has 0 aliphatic rings. The van der Waals surface area contributed by atoms with Gasteiger partial charge in [0, 0.05) is 16.3 Å². The van der Waals surface area contributed by atoms with Gasteiger partial charge in [-0.1, -0.05) is 42.1 Å². The number of hydrogen-bond donors (Lipinski definition) is 1. The number of nitrogens with zero attached hydrogens (tertiary/aromatic N) is 3. The molecule has 0 saturated heterocycles. The van der Waals surface area contributed by atoms with Gasteiger partial charge in [-0.3, -0.25) is 19.6 Å². The molecule has 8 heteroatoms. The fourth-order valence-electron chi connectivity index (χ4n) is 2.44. The average molecular weight is 368 g/mol. The molecular weight excluding hydrogens is 352 g/mol. The minimum atomic E-state index is -0.599. The van der Waals surface area contributed by atoms with Gasteiger partial charge in [-0.15, -0.1) is 0 Å². The van der Waals surface area contributed by atoms with Crippen LogP contribution in [0.5, 0.6) is 0 Å². The van der Waals surface area contributed by atoms with Crippen LogP contribution >= 0.6 is 11.8 Å². The van der Waals surface area contributed by atoms with Crippen LogP contribution in [-0.4, -0.2) is 20.6 Å². The molecular formula is C18H16N4O3S. The summed E-state index contributed by atoms with van der Waals surface area (Å²) in [6.45, 7) is 2.13. The molecule has 0 bridgehead atoms. The topological polar surface area (TPSA) is 90.1 Å². The molecule has 0 radical (unpaired) electrons. The number of hydrogen-bond acceptors (Lipinski definition) is 5. The third kappa shape index (κ3) is 3.75. The summed E-state index contributed by atoms with van der Waals surface area (Å²) in [5, 5.41) is 17.9. The fraction of sp³-hybridized carbons (Fsp3) is 0.111. The predicted molar refractivity (Wildman–Crippen MR) is 99.5 cm³/mol. The van der Waals surface area contributed by atoms with E-state index in [1.807, 2.05) is 42.5 Å². The Bertz CT molecular complexity index is 941. The summed E-state index contributed by atoms with van der Waals surface area (Å²) in [6, 6.07) is 17.1. The monoisotopic (exact) mass is 368 g/mol. The quantitative estimate of drug-likeness (QED) is 0.520. The van der Waals surface area contributed by atoms with Crippen molar-refractivity contribution in [1.82, 2.24) is 9.78 Å². The second-order valence-electron chi connectivity index (χ2n) is 5.32. The summed E-state index contributed by atoms with van der Waals surface area (Å²) in [5.41, 5.74) is 0.221. The lowest BCUT2D eigenvalue weighted by atomic mass is 10.3. The first-order valence-electron chi connectivity index (χ1n) is 7.93. The van der Waals surface area contributed by atoms with Gasteiger partial charge < -0.3 is 5.32 Å². The van der Waals surface area contributed by atoms with Crippen LogP contribution in [0.2, 0.25) is 0 Å². The maximum atomic E-state index is 12.7. The summed E-state index contributed by atoms with van der Waals surface area (Å²) >= 11 is 1.50. The average Bonchev–Trinajstić information content (AvgIpc) is 3.09. The lowest BCUT2D eigenvalue weighted by Crippen LogP contribution is -2.19. The molecule has 7 nitrogen and oxygen atoms in total. The van der Waals surface area contributed by atoms with Gasteiger partial charge >= 0.3 is 5.69 Å². The molecule has 1 N–H and O–H groups in total. The Balaban J connectivity index is 1.89. The highest BCUT2D eigenvalue weighted by Gasteiger charge is 2.26. The van der Waals surface area contributed by atoms with E-state index in [0.29, 0.717) is 12.2 Å². The smallest absolute Gasteiger partial charge is 0.319 e. The molecule has 26 heavy (non-hydrogen) atoms. The van der Waals surface area contributed by atoms with E-state index in [9.17, 15) is 14.9 Å². The van der Waals surface area contributed by atoms with E-state index >= 15 is 0 Å². The van der Waals surface area contributed by atoms with Gasteiger partial charge in [0.1, 0.15) is 6.20 Å². The predicted octanol–water partition coefficient (Wildman–Crippen LogP) is 4.21. The van der Waals surface area contributed by atoms with Gasteiger partial charge in [-0.05, 0) is 31.2 Å². The minimum absolute atomic E-state index is 0.0583. The molecule has 0 unspecified atom stereocenters. The Kier molecular flexibility index (Phi) is 5.33. The summed E-state index contributed by atoms with van der Waals surface area (Å²) in [6.07, 6.45) is 1.10. The number of aryl methyl sites for hydroxylation is 1. The second kappa shape index (κ2) is 7.83. The highest BCUT2D eigenvalue weighted by atomic mass is 32.2. The number of carbonyl (C=O) groups is 1. The van der Waals surface area contributed by atoms with Gasteiger partial charge in [-0.25, -0.2) is 0 Å². The molecule has 1 amide bonds. The van der Waals surface area contributed by atoms with Crippen LogP contribution in [0.25, 0.3) is 0 Å². The number of nitro groups is 1. The number of para-hydroxylation sites is 1. The zero-order chi connectivity index (χ0) is 18.5. The molecule has 3 rings (SSSR count). The van der Waals surface area contributed by atoms with E-state index in [2.05, 4.69) is 10.4 Å². The highest BCUT2D eigenvalue weighted by molar-refractivity contribution is 7.99. The summed E-state index contributed by atoms with van der Waals surface area (Å²) in [4.78, 5) is 25.2. The van der Waals surface area contributed by atoms with E-state index in [4.69, 9.17) is 0 Å². The van der Waals surface area contributed by atoms with Gasteiger partial charge in [0.2, 0.25) is 5.69 Å². The Morgan fingerprint density at radius 1 is 1.19 bits per heavy atom. The molecule has 0 atom stereocenters. The Morgan fingerprint density at radius 2 is 1.88 bits per heavy atom. The number of nitrogens with one attached hydrogen (secondary N) is 1. The number of benzene rings is 2. The van der Waals surface area contributed by atoms with Crippen LogP contribution in [0.1, 0.15) is 17.4 Å². The van der Waals surface area contributed by atoms with Crippen molar-refractivity contribution in [1.29, 1.82) is 0 Å². The summed E-state index contributed by atoms with van der Waals surface area (Å²) < 4.78 is 1.32. The van der Waals surface area contributed by atoms with Crippen LogP contribution in [0.15, 0.2) is 70.6 Å². The van der Waals surface area contributed by atoms with Gasteiger partial charge in [0.25, 0.3) is 5.91 Å². The normalized spacial score (nSPS) is 10.5. The molecule has 0 saturated carbocycles. The second-order valence-corrected chi connectivity index (χ2v) is 6.43. The summed E-state index contributed by atoms with van der Waals surface area (Å²) in [5.74, 6) is -0.558. The van der Waals surface area contributed by atoms with Crippen LogP contribution in [0, 0.1) is 10.1 Å². The lowest BCUT2D eigenvalue weighted by molar-refractivity contribution is -0.385. The van der Waals surface area contributed by atoms with E-state index in [-0.39, 0.29) is 11.4 Å². The minimum Gasteiger partial charge on any atom is -0.319 e. The Morgan fingerprint density at radius 3 is 2.58 bits per heavy atom. The van der Waals surface area contributed by atoms with Crippen molar-refractivity contribution < 1.29 is 9.72 Å². The first-order chi connectivity index (χ1) is 12.6. The Hall–Kier alpha value is -3.13. The zero-order valence-electron chi connectivity index (χ0n) is 14.0. The van der Waals surface area contributed by atoms with Crippen LogP contribution in [0.4, 0.5) is 11.4 Å². The van der Waals surface area contributed by atoms with Gasteiger partial charge in [0.15, 0.2) is 0 Å². The van der Waals surface area contributed by atoms with Crippen molar-refractivity contribution >= 4 is 29.0 Å². The van der Waals surface area contributed by atoms with E-state index in [1.54, 1.807) is 19.1 Å². The number of carbonyl (C=O) groups excluding carboxylic acids is 1. The number of anilines is 1. The first kappa shape index (κ1) is 17.7. The van der Waals surface area contributed by atoms with Crippen LogP contribution in [0.3, 0.4) is 0 Å². The lowest BCUT2D eigenvalue weighted by Gasteiger charge is -2.11. The molecule has 0 fully saturated rings. The van der Waals surface area contributed by atoms with Crippen molar-refractivity contribution in [2.75, 3.05) is 5.32 Å². The van der Waals surface area contributed by atoms with Crippen molar-refractivity contribution in [2.45, 2.75) is 23.3 Å². The van der Waals surface area contributed by atoms with Crippen molar-refractivity contribution in [3.63, 3.8) is 0 Å².